The second-order valence-corrected chi connectivity index (χ2v) is 9.35. The van der Waals surface area contributed by atoms with Crippen molar-refractivity contribution >= 4 is 73.5 Å². The number of thiophene rings is 1. The van der Waals surface area contributed by atoms with Crippen LogP contribution in [0.2, 0.25) is 5.02 Å². The topological polar surface area (TPSA) is 61.8 Å². The van der Waals surface area contributed by atoms with Crippen LogP contribution in [0.3, 0.4) is 0 Å². The fourth-order valence-electron chi connectivity index (χ4n) is 3.05. The summed E-state index contributed by atoms with van der Waals surface area (Å²) in [7, 11) is 0. The van der Waals surface area contributed by atoms with E-state index in [4.69, 9.17) is 11.6 Å². The number of carbonyl (C=O) groups excluding carboxylic acids is 2. The predicted molar refractivity (Wildman–Crippen MR) is 122 cm³/mol. The van der Waals surface area contributed by atoms with Gasteiger partial charge in [0.05, 0.1) is 37.2 Å². The number of anilines is 2. The Labute approximate surface area is 189 Å². The first-order valence-electron chi connectivity index (χ1n) is 8.88. The molecule has 2 heterocycles. The average molecular weight is 507 g/mol. The zero-order valence-electron chi connectivity index (χ0n) is 15.4. The fourth-order valence-corrected chi connectivity index (χ4v) is 4.60. The van der Waals surface area contributed by atoms with Gasteiger partial charge in [-0.05, 0) is 58.4 Å². The van der Waals surface area contributed by atoms with Gasteiger partial charge in [0.15, 0.2) is 0 Å². The molecule has 0 spiro atoms. The SMILES string of the molecule is O=C(CN1C(=O)CC(c2ccc(Br)s2)=Nc2ccccc21)Nc1ccc(F)c(Cl)c1. The Balaban J connectivity index is 1.59. The van der Waals surface area contributed by atoms with Gasteiger partial charge in [-0.1, -0.05) is 23.7 Å². The van der Waals surface area contributed by atoms with Gasteiger partial charge >= 0.3 is 0 Å². The molecule has 0 atom stereocenters. The van der Waals surface area contributed by atoms with E-state index >= 15 is 0 Å². The summed E-state index contributed by atoms with van der Waals surface area (Å²) in [5.41, 5.74) is 2.17. The molecule has 0 bridgehead atoms. The van der Waals surface area contributed by atoms with E-state index in [-0.39, 0.29) is 23.9 Å². The highest BCUT2D eigenvalue weighted by Gasteiger charge is 2.27. The molecule has 1 aliphatic rings. The molecular formula is C21H14BrClFN3O2S. The van der Waals surface area contributed by atoms with E-state index in [2.05, 4.69) is 26.2 Å². The lowest BCUT2D eigenvalue weighted by Crippen LogP contribution is -2.38. The highest BCUT2D eigenvalue weighted by molar-refractivity contribution is 9.11. The van der Waals surface area contributed by atoms with E-state index < -0.39 is 11.7 Å². The zero-order valence-corrected chi connectivity index (χ0v) is 18.5. The molecule has 0 saturated heterocycles. The number of nitrogens with one attached hydrogen (secondary N) is 1. The van der Waals surface area contributed by atoms with Crippen molar-refractivity contribution in [1.82, 2.24) is 0 Å². The van der Waals surface area contributed by atoms with Crippen LogP contribution < -0.4 is 10.2 Å². The molecule has 1 N–H and O–H groups in total. The van der Waals surface area contributed by atoms with E-state index in [0.29, 0.717) is 22.8 Å². The van der Waals surface area contributed by atoms with Crippen LogP contribution in [-0.2, 0) is 9.59 Å². The first kappa shape index (κ1) is 20.7. The summed E-state index contributed by atoms with van der Waals surface area (Å²) in [4.78, 5) is 32.6. The van der Waals surface area contributed by atoms with E-state index in [1.165, 1.54) is 34.4 Å². The lowest BCUT2D eigenvalue weighted by molar-refractivity contribution is -0.120. The van der Waals surface area contributed by atoms with Crippen LogP contribution in [0.1, 0.15) is 11.3 Å². The van der Waals surface area contributed by atoms with Crippen molar-refractivity contribution in [1.29, 1.82) is 0 Å². The molecule has 3 aromatic rings. The number of nitrogens with zero attached hydrogens (tertiary/aromatic N) is 2. The number of halogens is 3. The van der Waals surface area contributed by atoms with E-state index in [9.17, 15) is 14.0 Å². The first-order valence-corrected chi connectivity index (χ1v) is 10.9. The summed E-state index contributed by atoms with van der Waals surface area (Å²) in [6.45, 7) is -0.207. The maximum Gasteiger partial charge on any atom is 0.244 e. The van der Waals surface area contributed by atoms with Gasteiger partial charge in [0.25, 0.3) is 0 Å². The summed E-state index contributed by atoms with van der Waals surface area (Å²) >= 11 is 10.7. The van der Waals surface area contributed by atoms with Crippen molar-refractivity contribution in [3.05, 3.63) is 74.1 Å². The minimum atomic E-state index is -0.573. The number of hydrogen-bond acceptors (Lipinski definition) is 4. The summed E-state index contributed by atoms with van der Waals surface area (Å²) in [5.74, 6) is -1.24. The fraction of sp³-hybridized carbons (Fsp3) is 0.0952. The van der Waals surface area contributed by atoms with Gasteiger partial charge in [0, 0.05) is 5.69 Å². The molecule has 5 nitrogen and oxygen atoms in total. The number of fused-ring (bicyclic) bond motifs is 1. The molecule has 2 amide bonds. The minimum Gasteiger partial charge on any atom is -0.324 e. The third-order valence-electron chi connectivity index (χ3n) is 4.41. The molecule has 0 fully saturated rings. The van der Waals surface area contributed by atoms with Crippen LogP contribution in [0, 0.1) is 5.82 Å². The van der Waals surface area contributed by atoms with Gasteiger partial charge in [-0.15, -0.1) is 11.3 Å². The second-order valence-electron chi connectivity index (χ2n) is 6.48. The van der Waals surface area contributed by atoms with Crippen LogP contribution in [0.15, 0.2) is 63.4 Å². The van der Waals surface area contributed by atoms with Crippen molar-refractivity contribution in [2.45, 2.75) is 6.42 Å². The monoisotopic (exact) mass is 505 g/mol. The van der Waals surface area contributed by atoms with Crippen LogP contribution >= 0.6 is 38.9 Å². The minimum absolute atomic E-state index is 0.0668. The van der Waals surface area contributed by atoms with Crippen molar-refractivity contribution in [2.24, 2.45) is 4.99 Å². The van der Waals surface area contributed by atoms with E-state index in [0.717, 1.165) is 8.66 Å². The van der Waals surface area contributed by atoms with Gasteiger partial charge in [0.2, 0.25) is 11.8 Å². The molecule has 0 unspecified atom stereocenters. The quantitative estimate of drug-likeness (QED) is 0.486. The molecular weight excluding hydrogens is 493 g/mol. The number of para-hydroxylation sites is 2. The summed E-state index contributed by atoms with van der Waals surface area (Å²) < 4.78 is 14.3. The molecule has 30 heavy (non-hydrogen) atoms. The number of benzene rings is 2. The molecule has 0 saturated carbocycles. The van der Waals surface area contributed by atoms with Crippen molar-refractivity contribution < 1.29 is 14.0 Å². The first-order chi connectivity index (χ1) is 14.4. The molecule has 1 aliphatic heterocycles. The third kappa shape index (κ3) is 4.45. The molecule has 4 rings (SSSR count). The van der Waals surface area contributed by atoms with Crippen LogP contribution in [0.5, 0.6) is 0 Å². The maximum atomic E-state index is 13.3. The largest absolute Gasteiger partial charge is 0.324 e. The number of carbonyl (C=O) groups is 2. The lowest BCUT2D eigenvalue weighted by Gasteiger charge is -2.22. The number of hydrogen-bond donors (Lipinski definition) is 1. The number of amides is 2. The number of rotatable bonds is 4. The Morgan fingerprint density at radius 2 is 2.03 bits per heavy atom. The lowest BCUT2D eigenvalue weighted by atomic mass is 10.2. The van der Waals surface area contributed by atoms with Crippen LogP contribution in [0.4, 0.5) is 21.5 Å². The molecule has 0 aliphatic carbocycles. The Bertz CT molecular complexity index is 1180. The van der Waals surface area contributed by atoms with Crippen molar-refractivity contribution in [2.75, 3.05) is 16.8 Å². The normalized spacial score (nSPS) is 13.5. The number of aliphatic imine (C=N–C) groups is 1. The van der Waals surface area contributed by atoms with Gasteiger partial charge in [0.1, 0.15) is 12.4 Å². The maximum absolute atomic E-state index is 13.3. The molecule has 2 aromatic carbocycles. The summed E-state index contributed by atoms with van der Waals surface area (Å²) in [6.07, 6.45) is 0.0668. The van der Waals surface area contributed by atoms with Crippen molar-refractivity contribution in [3.63, 3.8) is 0 Å². The summed E-state index contributed by atoms with van der Waals surface area (Å²) in [6, 6.07) is 14.9. The van der Waals surface area contributed by atoms with Crippen molar-refractivity contribution in [3.8, 4) is 0 Å². The van der Waals surface area contributed by atoms with Gasteiger partial charge in [-0.25, -0.2) is 9.38 Å². The van der Waals surface area contributed by atoms with Gasteiger partial charge in [-0.2, -0.15) is 0 Å². The third-order valence-corrected chi connectivity index (χ3v) is 6.37. The molecule has 1 aromatic heterocycles. The molecule has 152 valence electrons. The predicted octanol–water partition coefficient (Wildman–Crippen LogP) is 5.80. The highest BCUT2D eigenvalue weighted by Crippen LogP contribution is 2.34. The van der Waals surface area contributed by atoms with Crippen LogP contribution in [0.25, 0.3) is 0 Å². The zero-order chi connectivity index (χ0) is 21.3. The Hall–Kier alpha value is -2.55. The van der Waals surface area contributed by atoms with E-state index in [1.54, 1.807) is 18.2 Å². The van der Waals surface area contributed by atoms with Gasteiger partial charge in [-0.3, -0.25) is 9.59 Å². The smallest absolute Gasteiger partial charge is 0.244 e. The highest BCUT2D eigenvalue weighted by atomic mass is 79.9. The standard InChI is InChI=1S/C21H14BrClFN3O2S/c22-19-8-7-18(30-19)16-10-21(29)27(17-4-2-1-3-15(17)26-16)11-20(28)25-12-5-6-14(24)13(23)9-12/h1-9H,10-11H2,(H,25,28). The summed E-state index contributed by atoms with van der Waals surface area (Å²) in [5, 5.41) is 2.56. The Morgan fingerprint density at radius 1 is 1.23 bits per heavy atom. The Kier molecular flexibility index (Phi) is 5.99. The second kappa shape index (κ2) is 8.67. The molecule has 0 radical (unpaired) electrons. The van der Waals surface area contributed by atoms with Gasteiger partial charge < -0.3 is 10.2 Å². The Morgan fingerprint density at radius 3 is 2.77 bits per heavy atom. The average Bonchev–Trinajstić information content (AvgIpc) is 3.09. The van der Waals surface area contributed by atoms with E-state index in [1.807, 2.05) is 18.2 Å². The van der Waals surface area contributed by atoms with Crippen LogP contribution in [-0.4, -0.2) is 24.1 Å². The molecule has 9 heteroatoms.